The van der Waals surface area contributed by atoms with Gasteiger partial charge in [-0.3, -0.25) is 9.69 Å². The number of carbonyl (C=O) groups excluding carboxylic acids is 2. The molecule has 0 unspecified atom stereocenters. The van der Waals surface area contributed by atoms with E-state index in [1.54, 1.807) is 18.2 Å². The minimum absolute atomic E-state index is 0.0248. The summed E-state index contributed by atoms with van der Waals surface area (Å²) in [5, 5.41) is 0. The molecule has 4 aromatic rings. The molecule has 0 bridgehead atoms. The number of fused-ring (bicyclic) bond motifs is 1. The van der Waals surface area contributed by atoms with Gasteiger partial charge in [0.15, 0.2) is 5.78 Å². The summed E-state index contributed by atoms with van der Waals surface area (Å²) in [4.78, 5) is 36.9. The van der Waals surface area contributed by atoms with Crippen LogP contribution >= 0.6 is 0 Å². The van der Waals surface area contributed by atoms with E-state index in [9.17, 15) is 14.0 Å². The van der Waals surface area contributed by atoms with E-state index in [1.165, 1.54) is 20.3 Å². The molecule has 3 fully saturated rings. The zero-order chi connectivity index (χ0) is 32.5. The standard InChI is InChI=1S/C36H39FN4O6/c1-44-32-17-25(28(37)18-27(32)35(42)23-6-7-23)21-47-34-5-3-4-29(39-34)22-10-13-40(14-11-22)20-33-38-30-9-8-24(36(43)45-2)16-31(30)41(33)19-26-12-15-46-26/h3-5,8-9,16-18,22-23,26H,6-7,10-15,19-21H2,1-2H3/t26-/m0/s1. The molecule has 1 aliphatic carbocycles. The van der Waals surface area contributed by atoms with Crippen molar-refractivity contribution in [3.05, 3.63) is 82.6 Å². The molecular formula is C36H39FN4O6. The van der Waals surface area contributed by atoms with Crippen LogP contribution in [-0.2, 0) is 29.2 Å². The Hall–Kier alpha value is -4.35. The average Bonchev–Trinajstić information content (AvgIpc) is 3.88. The quantitative estimate of drug-likeness (QED) is 0.142. The minimum atomic E-state index is -0.490. The third kappa shape index (κ3) is 6.73. The molecule has 2 aromatic carbocycles. The van der Waals surface area contributed by atoms with Crippen molar-refractivity contribution in [2.24, 2.45) is 5.92 Å². The summed E-state index contributed by atoms with van der Waals surface area (Å²) in [5.41, 5.74) is 3.82. The van der Waals surface area contributed by atoms with E-state index in [4.69, 9.17) is 28.9 Å². The number of ketones is 1. The van der Waals surface area contributed by atoms with E-state index in [-0.39, 0.29) is 36.3 Å². The first-order valence-corrected chi connectivity index (χ1v) is 16.3. The Morgan fingerprint density at radius 2 is 1.81 bits per heavy atom. The summed E-state index contributed by atoms with van der Waals surface area (Å²) >= 11 is 0. The predicted molar refractivity (Wildman–Crippen MR) is 171 cm³/mol. The van der Waals surface area contributed by atoms with Gasteiger partial charge in [-0.25, -0.2) is 19.2 Å². The van der Waals surface area contributed by atoms with E-state index in [0.29, 0.717) is 41.4 Å². The van der Waals surface area contributed by atoms with Crippen molar-refractivity contribution in [1.29, 1.82) is 0 Å². The third-order valence-corrected chi connectivity index (χ3v) is 9.50. The monoisotopic (exact) mass is 642 g/mol. The lowest BCUT2D eigenvalue weighted by molar-refractivity contribution is -0.0592. The van der Waals surface area contributed by atoms with Gasteiger partial charge >= 0.3 is 5.97 Å². The number of rotatable bonds is 12. The maximum absolute atomic E-state index is 15.0. The highest BCUT2D eigenvalue weighted by atomic mass is 19.1. The van der Waals surface area contributed by atoms with E-state index in [2.05, 4.69) is 9.47 Å². The molecular weight excluding hydrogens is 603 g/mol. The number of pyridine rings is 1. The van der Waals surface area contributed by atoms with Crippen LogP contribution in [-0.4, -0.2) is 71.2 Å². The van der Waals surface area contributed by atoms with Crippen LogP contribution < -0.4 is 9.47 Å². The number of carbonyl (C=O) groups is 2. The van der Waals surface area contributed by atoms with Crippen molar-refractivity contribution in [2.75, 3.05) is 33.9 Å². The fourth-order valence-corrected chi connectivity index (χ4v) is 6.48. The van der Waals surface area contributed by atoms with Crippen LogP contribution in [0.5, 0.6) is 11.6 Å². The molecule has 1 atom stereocenters. The Balaban J connectivity index is 0.993. The molecule has 246 valence electrons. The van der Waals surface area contributed by atoms with Crippen molar-refractivity contribution in [3.63, 3.8) is 0 Å². The number of Topliss-reactive ketones (excluding diaryl/α,β-unsaturated/α-hetero) is 1. The molecule has 7 rings (SSSR count). The molecule has 10 nitrogen and oxygen atoms in total. The summed E-state index contributed by atoms with van der Waals surface area (Å²) < 4.78 is 39.2. The first-order chi connectivity index (χ1) is 22.9. The SMILES string of the molecule is COC(=O)c1ccc2nc(CN3CCC(c4cccc(OCc5cc(OC)c(C(=O)C6CC6)cc5F)n4)CC3)n(C[C@@H]3CCO3)c2c1. The van der Waals surface area contributed by atoms with Gasteiger partial charge in [-0.05, 0) is 81.6 Å². The lowest BCUT2D eigenvalue weighted by Gasteiger charge is -2.32. The van der Waals surface area contributed by atoms with Crippen molar-refractivity contribution in [2.45, 2.75) is 63.8 Å². The van der Waals surface area contributed by atoms with Gasteiger partial charge in [0.05, 0.1) is 55.6 Å². The van der Waals surface area contributed by atoms with Crippen LogP contribution in [0.1, 0.15) is 75.8 Å². The lowest BCUT2D eigenvalue weighted by Crippen LogP contribution is -2.35. The molecule has 2 saturated heterocycles. The maximum Gasteiger partial charge on any atom is 0.337 e. The largest absolute Gasteiger partial charge is 0.496 e. The predicted octanol–water partition coefficient (Wildman–Crippen LogP) is 5.71. The first-order valence-electron chi connectivity index (χ1n) is 16.3. The summed E-state index contributed by atoms with van der Waals surface area (Å²) in [7, 11) is 2.87. The highest BCUT2D eigenvalue weighted by Gasteiger charge is 2.33. The van der Waals surface area contributed by atoms with E-state index >= 15 is 0 Å². The Morgan fingerprint density at radius 1 is 1.00 bits per heavy atom. The number of nitrogens with zero attached hydrogens (tertiary/aromatic N) is 4. The maximum atomic E-state index is 15.0. The number of ether oxygens (including phenoxy) is 4. The molecule has 47 heavy (non-hydrogen) atoms. The van der Waals surface area contributed by atoms with E-state index in [1.807, 2.05) is 24.3 Å². The zero-order valence-corrected chi connectivity index (χ0v) is 26.7. The number of imidazole rings is 1. The lowest BCUT2D eigenvalue weighted by atomic mass is 9.93. The molecule has 2 aliphatic heterocycles. The molecule has 0 radical (unpaired) electrons. The topological polar surface area (TPSA) is 105 Å². The van der Waals surface area contributed by atoms with Gasteiger partial charge in [-0.15, -0.1) is 0 Å². The number of benzene rings is 2. The van der Waals surface area contributed by atoms with Crippen LogP contribution in [0.15, 0.2) is 48.5 Å². The number of aromatic nitrogens is 3. The van der Waals surface area contributed by atoms with Gasteiger partial charge in [0.1, 0.15) is 24.0 Å². The molecule has 4 heterocycles. The van der Waals surface area contributed by atoms with Gasteiger partial charge in [0.25, 0.3) is 0 Å². The second-order valence-corrected chi connectivity index (χ2v) is 12.6. The van der Waals surface area contributed by atoms with Gasteiger partial charge in [0.2, 0.25) is 5.88 Å². The van der Waals surface area contributed by atoms with Crippen molar-refractivity contribution in [3.8, 4) is 11.6 Å². The van der Waals surface area contributed by atoms with Crippen LogP contribution in [0.3, 0.4) is 0 Å². The molecule has 1 saturated carbocycles. The van der Waals surface area contributed by atoms with Gasteiger partial charge in [-0.1, -0.05) is 6.07 Å². The minimum Gasteiger partial charge on any atom is -0.496 e. The number of hydrogen-bond donors (Lipinski definition) is 0. The Labute approximate surface area is 272 Å². The van der Waals surface area contributed by atoms with Gasteiger partial charge in [0, 0.05) is 35.8 Å². The van der Waals surface area contributed by atoms with Crippen LogP contribution in [0, 0.1) is 11.7 Å². The number of hydrogen-bond acceptors (Lipinski definition) is 9. The highest BCUT2D eigenvalue weighted by molar-refractivity contribution is 6.01. The second kappa shape index (κ2) is 13.4. The third-order valence-electron chi connectivity index (χ3n) is 9.50. The zero-order valence-electron chi connectivity index (χ0n) is 26.7. The molecule has 0 spiro atoms. The van der Waals surface area contributed by atoms with Crippen molar-refractivity contribution >= 4 is 22.8 Å². The summed E-state index contributed by atoms with van der Waals surface area (Å²) in [6, 6.07) is 14.0. The van der Waals surface area contributed by atoms with Crippen LogP contribution in [0.4, 0.5) is 4.39 Å². The second-order valence-electron chi connectivity index (χ2n) is 12.6. The smallest absolute Gasteiger partial charge is 0.337 e. The van der Waals surface area contributed by atoms with Crippen molar-refractivity contribution < 1.29 is 32.9 Å². The van der Waals surface area contributed by atoms with E-state index < -0.39 is 5.82 Å². The normalized spacial score (nSPS) is 18.6. The number of methoxy groups -OCH3 is 2. The average molecular weight is 643 g/mol. The summed E-state index contributed by atoms with van der Waals surface area (Å²) in [5.74, 6) is 1.08. The summed E-state index contributed by atoms with van der Waals surface area (Å²) in [6.45, 7) is 3.90. The fourth-order valence-electron chi connectivity index (χ4n) is 6.48. The number of esters is 1. The van der Waals surface area contributed by atoms with Crippen LogP contribution in [0.2, 0.25) is 0 Å². The Bertz CT molecular complexity index is 1790. The molecule has 0 amide bonds. The Morgan fingerprint density at radius 3 is 2.51 bits per heavy atom. The summed E-state index contributed by atoms with van der Waals surface area (Å²) in [6.07, 6.45) is 4.69. The van der Waals surface area contributed by atoms with Gasteiger partial charge < -0.3 is 23.5 Å². The number of piperidine rings is 1. The number of likely N-dealkylation sites (tertiary alicyclic amines) is 1. The van der Waals surface area contributed by atoms with Crippen LogP contribution in [0.25, 0.3) is 11.0 Å². The highest BCUT2D eigenvalue weighted by Crippen LogP contribution is 2.36. The van der Waals surface area contributed by atoms with Gasteiger partial charge in [-0.2, -0.15) is 0 Å². The molecule has 3 aliphatic rings. The fraction of sp³-hybridized carbons (Fsp3) is 0.444. The first kappa shape index (κ1) is 31.3. The molecule has 11 heteroatoms. The molecule has 0 N–H and O–H groups in total. The molecule has 2 aromatic heterocycles. The number of halogens is 1. The van der Waals surface area contributed by atoms with E-state index in [0.717, 1.165) is 74.4 Å². The van der Waals surface area contributed by atoms with Crippen molar-refractivity contribution in [1.82, 2.24) is 19.4 Å². The Kier molecular flexibility index (Phi) is 8.92.